The summed E-state index contributed by atoms with van der Waals surface area (Å²) in [7, 11) is 1.95. The van der Waals surface area contributed by atoms with E-state index in [0.717, 1.165) is 32.0 Å². The van der Waals surface area contributed by atoms with Crippen LogP contribution >= 0.6 is 0 Å². The van der Waals surface area contributed by atoms with E-state index in [2.05, 4.69) is 36.2 Å². The first kappa shape index (κ1) is 15.3. The van der Waals surface area contributed by atoms with Crippen LogP contribution in [0.5, 0.6) is 5.75 Å². The van der Waals surface area contributed by atoms with E-state index in [0.29, 0.717) is 12.6 Å². The summed E-state index contributed by atoms with van der Waals surface area (Å²) in [5.41, 5.74) is 1.26. The molecule has 1 aromatic rings. The SMILES string of the molecule is CNCc1ccc(OCC2CN(C(C)C)CCO2)cc1. The quantitative estimate of drug-likeness (QED) is 0.861. The summed E-state index contributed by atoms with van der Waals surface area (Å²) in [6.07, 6.45) is 0.170. The van der Waals surface area contributed by atoms with Crippen molar-refractivity contribution in [2.45, 2.75) is 32.5 Å². The van der Waals surface area contributed by atoms with Crippen LogP contribution in [-0.4, -0.2) is 50.4 Å². The number of ether oxygens (including phenoxy) is 2. The highest BCUT2D eigenvalue weighted by atomic mass is 16.5. The third-order valence-electron chi connectivity index (χ3n) is 3.64. The monoisotopic (exact) mass is 278 g/mol. The van der Waals surface area contributed by atoms with Gasteiger partial charge in [-0.3, -0.25) is 4.90 Å². The Balaban J connectivity index is 1.79. The molecule has 0 radical (unpaired) electrons. The second-order valence-electron chi connectivity index (χ2n) is 5.57. The molecule has 0 aliphatic carbocycles. The zero-order valence-corrected chi connectivity index (χ0v) is 12.8. The molecule has 2 rings (SSSR count). The van der Waals surface area contributed by atoms with Crippen molar-refractivity contribution in [1.82, 2.24) is 10.2 Å². The Morgan fingerprint density at radius 3 is 2.75 bits per heavy atom. The van der Waals surface area contributed by atoms with E-state index in [1.165, 1.54) is 5.56 Å². The van der Waals surface area contributed by atoms with Crippen molar-refractivity contribution >= 4 is 0 Å². The van der Waals surface area contributed by atoms with Gasteiger partial charge in [-0.05, 0) is 38.6 Å². The summed E-state index contributed by atoms with van der Waals surface area (Å²) in [4.78, 5) is 2.44. The molecule has 1 N–H and O–H groups in total. The van der Waals surface area contributed by atoms with Gasteiger partial charge in [-0.15, -0.1) is 0 Å². The molecule has 1 aliphatic heterocycles. The molecule has 1 saturated heterocycles. The van der Waals surface area contributed by atoms with E-state index in [9.17, 15) is 0 Å². The van der Waals surface area contributed by atoms with Crippen LogP contribution in [0.15, 0.2) is 24.3 Å². The lowest BCUT2D eigenvalue weighted by Crippen LogP contribution is -2.47. The van der Waals surface area contributed by atoms with Gasteiger partial charge in [0.05, 0.1) is 6.61 Å². The lowest BCUT2D eigenvalue weighted by atomic mass is 10.2. The van der Waals surface area contributed by atoms with Crippen molar-refractivity contribution in [2.24, 2.45) is 0 Å². The van der Waals surface area contributed by atoms with Crippen molar-refractivity contribution in [1.29, 1.82) is 0 Å². The van der Waals surface area contributed by atoms with Gasteiger partial charge in [0.15, 0.2) is 0 Å². The predicted molar refractivity (Wildman–Crippen MR) is 81.1 cm³/mol. The van der Waals surface area contributed by atoms with E-state index < -0.39 is 0 Å². The van der Waals surface area contributed by atoms with Gasteiger partial charge >= 0.3 is 0 Å². The maximum absolute atomic E-state index is 5.83. The van der Waals surface area contributed by atoms with E-state index in [1.807, 2.05) is 19.2 Å². The summed E-state index contributed by atoms with van der Waals surface area (Å²) in [5, 5.41) is 3.14. The molecule has 4 nitrogen and oxygen atoms in total. The van der Waals surface area contributed by atoms with Crippen molar-refractivity contribution in [3.05, 3.63) is 29.8 Å². The minimum atomic E-state index is 0.170. The number of benzene rings is 1. The summed E-state index contributed by atoms with van der Waals surface area (Å²) < 4.78 is 11.6. The van der Waals surface area contributed by atoms with Crippen LogP contribution in [0.4, 0.5) is 0 Å². The average Bonchev–Trinajstić information content (AvgIpc) is 2.47. The Morgan fingerprint density at radius 2 is 2.10 bits per heavy atom. The Hall–Kier alpha value is -1.10. The third-order valence-corrected chi connectivity index (χ3v) is 3.64. The lowest BCUT2D eigenvalue weighted by Gasteiger charge is -2.35. The zero-order valence-electron chi connectivity index (χ0n) is 12.8. The van der Waals surface area contributed by atoms with Crippen molar-refractivity contribution in [3.8, 4) is 5.75 Å². The third kappa shape index (κ3) is 4.47. The normalized spacial score (nSPS) is 20.3. The van der Waals surface area contributed by atoms with Crippen LogP contribution in [0, 0.1) is 0 Å². The molecule has 0 spiro atoms. The number of nitrogens with one attached hydrogen (secondary N) is 1. The molecule has 1 fully saturated rings. The van der Waals surface area contributed by atoms with E-state index >= 15 is 0 Å². The molecular formula is C16H26N2O2. The molecule has 1 aromatic carbocycles. The first-order valence-electron chi connectivity index (χ1n) is 7.41. The number of hydrogen-bond donors (Lipinski definition) is 1. The fourth-order valence-electron chi connectivity index (χ4n) is 2.41. The van der Waals surface area contributed by atoms with Gasteiger partial charge in [-0.2, -0.15) is 0 Å². The van der Waals surface area contributed by atoms with Gasteiger partial charge in [0.25, 0.3) is 0 Å². The number of hydrogen-bond acceptors (Lipinski definition) is 4. The molecule has 1 unspecified atom stereocenters. The highest BCUT2D eigenvalue weighted by Gasteiger charge is 2.22. The largest absolute Gasteiger partial charge is 0.491 e. The first-order chi connectivity index (χ1) is 9.69. The second-order valence-corrected chi connectivity index (χ2v) is 5.57. The van der Waals surface area contributed by atoms with Gasteiger partial charge in [0.2, 0.25) is 0 Å². The molecule has 0 aromatic heterocycles. The van der Waals surface area contributed by atoms with Crippen LogP contribution in [0.25, 0.3) is 0 Å². The van der Waals surface area contributed by atoms with Gasteiger partial charge in [0.1, 0.15) is 18.5 Å². The molecule has 112 valence electrons. The highest BCUT2D eigenvalue weighted by molar-refractivity contribution is 5.27. The average molecular weight is 278 g/mol. The molecular weight excluding hydrogens is 252 g/mol. The minimum absolute atomic E-state index is 0.170. The van der Waals surface area contributed by atoms with Gasteiger partial charge in [-0.25, -0.2) is 0 Å². The summed E-state index contributed by atoms with van der Waals surface area (Å²) in [6, 6.07) is 8.80. The Kier molecular flexibility index (Phi) is 5.83. The highest BCUT2D eigenvalue weighted by Crippen LogP contribution is 2.14. The van der Waals surface area contributed by atoms with Crippen LogP contribution in [0.1, 0.15) is 19.4 Å². The fraction of sp³-hybridized carbons (Fsp3) is 0.625. The van der Waals surface area contributed by atoms with Crippen molar-refractivity contribution < 1.29 is 9.47 Å². The number of morpholine rings is 1. The van der Waals surface area contributed by atoms with E-state index in [1.54, 1.807) is 0 Å². The lowest BCUT2D eigenvalue weighted by molar-refractivity contribution is -0.0564. The van der Waals surface area contributed by atoms with Crippen molar-refractivity contribution in [2.75, 3.05) is 33.4 Å². The Morgan fingerprint density at radius 1 is 1.35 bits per heavy atom. The Labute approximate surface area is 122 Å². The Bertz CT molecular complexity index is 392. The number of rotatable bonds is 6. The predicted octanol–water partition coefficient (Wildman–Crippen LogP) is 1.89. The molecule has 4 heteroatoms. The van der Waals surface area contributed by atoms with Gasteiger partial charge in [-0.1, -0.05) is 12.1 Å². The topological polar surface area (TPSA) is 33.7 Å². The van der Waals surface area contributed by atoms with E-state index in [-0.39, 0.29) is 6.10 Å². The van der Waals surface area contributed by atoms with Crippen molar-refractivity contribution in [3.63, 3.8) is 0 Å². The maximum atomic E-state index is 5.83. The minimum Gasteiger partial charge on any atom is -0.491 e. The number of nitrogens with zero attached hydrogens (tertiary/aromatic N) is 1. The van der Waals surface area contributed by atoms with Crippen LogP contribution in [0.2, 0.25) is 0 Å². The summed E-state index contributed by atoms with van der Waals surface area (Å²) >= 11 is 0. The molecule has 0 bridgehead atoms. The smallest absolute Gasteiger partial charge is 0.119 e. The zero-order chi connectivity index (χ0) is 14.4. The van der Waals surface area contributed by atoms with Crippen LogP contribution in [-0.2, 0) is 11.3 Å². The maximum Gasteiger partial charge on any atom is 0.119 e. The van der Waals surface area contributed by atoms with Gasteiger partial charge < -0.3 is 14.8 Å². The van der Waals surface area contributed by atoms with Gasteiger partial charge in [0, 0.05) is 25.7 Å². The first-order valence-corrected chi connectivity index (χ1v) is 7.41. The van der Waals surface area contributed by atoms with Crippen LogP contribution < -0.4 is 10.1 Å². The fourth-order valence-corrected chi connectivity index (χ4v) is 2.41. The summed E-state index contributed by atoms with van der Waals surface area (Å²) in [6.45, 7) is 8.73. The van der Waals surface area contributed by atoms with Crippen LogP contribution in [0.3, 0.4) is 0 Å². The molecule has 20 heavy (non-hydrogen) atoms. The molecule has 0 saturated carbocycles. The molecule has 1 aliphatic rings. The summed E-state index contributed by atoms with van der Waals surface area (Å²) in [5.74, 6) is 0.912. The van der Waals surface area contributed by atoms with E-state index in [4.69, 9.17) is 9.47 Å². The second kappa shape index (κ2) is 7.62. The molecule has 0 amide bonds. The molecule has 1 heterocycles. The standard InChI is InChI=1S/C16H26N2O2/c1-13(2)18-8-9-19-16(11-18)12-20-15-6-4-14(5-7-15)10-17-3/h4-7,13,16-17H,8-12H2,1-3H3. The molecule has 1 atom stereocenters.